The van der Waals surface area contributed by atoms with Crippen molar-refractivity contribution in [3.8, 4) is 0 Å². The number of nitrogens with zero attached hydrogens (tertiary/aromatic N) is 3. The van der Waals surface area contributed by atoms with Crippen molar-refractivity contribution in [3.05, 3.63) is 36.0 Å². The first-order valence-electron chi connectivity index (χ1n) is 8.93. The Bertz CT molecular complexity index is 805. The first kappa shape index (κ1) is 17.4. The van der Waals surface area contributed by atoms with Gasteiger partial charge in [0.15, 0.2) is 5.82 Å². The molecule has 0 aliphatic carbocycles. The molecule has 3 heterocycles. The van der Waals surface area contributed by atoms with Crippen LogP contribution in [0, 0.1) is 0 Å². The highest BCUT2D eigenvalue weighted by atomic mass is 19.4. The molecule has 0 atom stereocenters. The highest BCUT2D eigenvalue weighted by Gasteiger charge is 2.31. The summed E-state index contributed by atoms with van der Waals surface area (Å²) in [5, 5.41) is 11.6. The van der Waals surface area contributed by atoms with Crippen LogP contribution >= 0.6 is 0 Å². The Labute approximate surface area is 149 Å². The van der Waals surface area contributed by atoms with Gasteiger partial charge in [-0.1, -0.05) is 12.1 Å². The van der Waals surface area contributed by atoms with Crippen molar-refractivity contribution >= 4 is 16.7 Å². The van der Waals surface area contributed by atoms with Crippen LogP contribution in [0.2, 0.25) is 0 Å². The molecule has 2 aliphatic rings. The predicted octanol–water partition coefficient (Wildman–Crippen LogP) is 2.95. The molecule has 4 rings (SSSR count). The molecule has 0 spiro atoms. The zero-order valence-corrected chi connectivity index (χ0v) is 14.4. The van der Waals surface area contributed by atoms with Gasteiger partial charge in [0.2, 0.25) is 0 Å². The van der Waals surface area contributed by atoms with E-state index in [9.17, 15) is 13.2 Å². The fourth-order valence-electron chi connectivity index (χ4n) is 3.73. The summed E-state index contributed by atoms with van der Waals surface area (Å²) < 4.78 is 40.3. The lowest BCUT2D eigenvalue weighted by Crippen LogP contribution is -2.34. The van der Waals surface area contributed by atoms with Crippen molar-refractivity contribution in [1.82, 2.24) is 20.4 Å². The second kappa shape index (κ2) is 6.92. The molecule has 2 aliphatic heterocycles. The van der Waals surface area contributed by atoms with Crippen molar-refractivity contribution in [2.24, 2.45) is 0 Å². The summed E-state index contributed by atoms with van der Waals surface area (Å²) in [4.78, 5) is 1.85. The van der Waals surface area contributed by atoms with Crippen LogP contribution in [0.3, 0.4) is 0 Å². The third-order valence-electron chi connectivity index (χ3n) is 5.00. The van der Waals surface area contributed by atoms with E-state index in [2.05, 4.69) is 15.7 Å². The van der Waals surface area contributed by atoms with Crippen LogP contribution in [0.15, 0.2) is 30.5 Å². The topological polar surface area (TPSA) is 45.1 Å². The summed E-state index contributed by atoms with van der Waals surface area (Å²) in [6.45, 7) is 2.09. The first-order valence-corrected chi connectivity index (χ1v) is 8.93. The Balaban J connectivity index is 1.77. The van der Waals surface area contributed by atoms with Crippen molar-refractivity contribution < 1.29 is 13.2 Å². The predicted molar refractivity (Wildman–Crippen MR) is 95.1 cm³/mol. The number of hydrogen-bond donors (Lipinski definition) is 2. The van der Waals surface area contributed by atoms with Gasteiger partial charge in [0.1, 0.15) is 6.54 Å². The molecule has 26 heavy (non-hydrogen) atoms. The largest absolute Gasteiger partial charge is 0.408 e. The normalized spacial score (nSPS) is 19.4. The molecule has 1 fully saturated rings. The first-order chi connectivity index (χ1) is 12.5. The molecule has 1 saturated heterocycles. The van der Waals surface area contributed by atoms with E-state index in [1.165, 1.54) is 0 Å². The summed E-state index contributed by atoms with van der Waals surface area (Å²) in [6, 6.07) is 5.86. The number of hydrogen-bond acceptors (Lipinski definition) is 4. The van der Waals surface area contributed by atoms with Gasteiger partial charge in [-0.2, -0.15) is 18.3 Å². The molecule has 1 aromatic heterocycles. The number of benzene rings is 1. The molecule has 0 amide bonds. The molecule has 140 valence electrons. The molecule has 2 N–H and O–H groups in total. The number of aromatic nitrogens is 2. The van der Waals surface area contributed by atoms with Crippen molar-refractivity contribution in [1.29, 1.82) is 0 Å². The van der Waals surface area contributed by atoms with Crippen molar-refractivity contribution in [2.75, 3.05) is 31.2 Å². The third-order valence-corrected chi connectivity index (χ3v) is 5.00. The van der Waals surface area contributed by atoms with Crippen LogP contribution in [-0.4, -0.2) is 42.3 Å². The van der Waals surface area contributed by atoms with Gasteiger partial charge in [-0.05, 0) is 49.5 Å². The lowest BCUT2D eigenvalue weighted by atomic mass is 9.90. The van der Waals surface area contributed by atoms with Gasteiger partial charge in [0.25, 0.3) is 0 Å². The van der Waals surface area contributed by atoms with Gasteiger partial charge < -0.3 is 10.2 Å². The number of piperidine rings is 1. The lowest BCUT2D eigenvalue weighted by molar-refractivity contribution is -0.141. The van der Waals surface area contributed by atoms with E-state index in [-0.39, 0.29) is 0 Å². The number of fused-ring (bicyclic) bond motifs is 1. The van der Waals surface area contributed by atoms with Crippen LogP contribution in [0.1, 0.15) is 24.3 Å². The molecule has 0 bridgehead atoms. The Morgan fingerprint density at radius 1 is 1.15 bits per heavy atom. The summed E-state index contributed by atoms with van der Waals surface area (Å²) in [6.07, 6.45) is 1.50. The second-order valence-electron chi connectivity index (χ2n) is 6.86. The monoisotopic (exact) mass is 365 g/mol. The van der Waals surface area contributed by atoms with Crippen LogP contribution in [0.25, 0.3) is 10.9 Å². The van der Waals surface area contributed by atoms with Crippen LogP contribution in [0.5, 0.6) is 0 Å². The van der Waals surface area contributed by atoms with E-state index in [0.29, 0.717) is 23.9 Å². The van der Waals surface area contributed by atoms with E-state index in [4.69, 9.17) is 0 Å². The minimum Gasteiger partial charge on any atom is -0.318 e. The van der Waals surface area contributed by atoms with Gasteiger partial charge in [-0.3, -0.25) is 10.00 Å². The number of rotatable bonds is 3. The third kappa shape index (κ3) is 3.57. The van der Waals surface area contributed by atoms with Gasteiger partial charge >= 0.3 is 6.18 Å². The molecule has 1 aromatic carbocycles. The standard InChI is InChI=1S/C18H22F3N5/c19-18(20,21)11-26-16-10-14(13-4-7-22-8-5-13)2-3-15(16)17(24-26)25-9-1-6-23-12-25/h1-3,9-10,13,22-23H,4-8,11-12H2. The average Bonchev–Trinajstić information content (AvgIpc) is 2.99. The van der Waals surface area contributed by atoms with Crippen LogP contribution in [0.4, 0.5) is 19.0 Å². The SMILES string of the molecule is FC(F)(F)Cn1nc(N2C=CCNC2)c2ccc(C3CCNCC3)cc21. The molecule has 5 nitrogen and oxygen atoms in total. The smallest absolute Gasteiger partial charge is 0.318 e. The lowest BCUT2D eigenvalue weighted by Gasteiger charge is -2.23. The van der Waals surface area contributed by atoms with Gasteiger partial charge in [0, 0.05) is 18.1 Å². The number of anilines is 1. The van der Waals surface area contributed by atoms with E-state index in [1.807, 2.05) is 35.4 Å². The van der Waals surface area contributed by atoms with Gasteiger partial charge in [-0.15, -0.1) is 0 Å². The molecular formula is C18H22F3N5. The molecule has 2 aromatic rings. The summed E-state index contributed by atoms with van der Waals surface area (Å²) in [5.41, 5.74) is 1.65. The van der Waals surface area contributed by atoms with Crippen molar-refractivity contribution in [3.63, 3.8) is 0 Å². The number of halogens is 3. The maximum atomic E-state index is 13.1. The summed E-state index contributed by atoms with van der Waals surface area (Å²) >= 11 is 0. The fraction of sp³-hybridized carbons (Fsp3) is 0.500. The summed E-state index contributed by atoms with van der Waals surface area (Å²) in [7, 11) is 0. The van der Waals surface area contributed by atoms with Gasteiger partial charge in [0.05, 0.1) is 12.2 Å². The quantitative estimate of drug-likeness (QED) is 0.878. The molecule has 0 radical (unpaired) electrons. The highest BCUT2D eigenvalue weighted by Crippen LogP contribution is 2.33. The maximum Gasteiger partial charge on any atom is 0.408 e. The van der Waals surface area contributed by atoms with Gasteiger partial charge in [-0.25, -0.2) is 0 Å². The molecule has 8 heteroatoms. The minimum atomic E-state index is -4.31. The molecular weight excluding hydrogens is 343 g/mol. The van der Waals surface area contributed by atoms with Crippen molar-refractivity contribution in [2.45, 2.75) is 31.5 Å². The second-order valence-corrected chi connectivity index (χ2v) is 6.86. The average molecular weight is 365 g/mol. The minimum absolute atomic E-state index is 0.384. The Hall–Kier alpha value is -2.06. The zero-order valence-electron chi connectivity index (χ0n) is 14.4. The van der Waals surface area contributed by atoms with Crippen LogP contribution < -0.4 is 15.5 Å². The van der Waals surface area contributed by atoms with E-state index in [0.717, 1.165) is 48.1 Å². The number of alkyl halides is 3. The summed E-state index contributed by atoms with van der Waals surface area (Å²) in [5.74, 6) is 0.944. The Kier molecular flexibility index (Phi) is 4.62. The maximum absolute atomic E-state index is 13.1. The van der Waals surface area contributed by atoms with E-state index >= 15 is 0 Å². The zero-order chi connectivity index (χ0) is 18.1. The van der Waals surface area contributed by atoms with E-state index in [1.54, 1.807) is 0 Å². The van der Waals surface area contributed by atoms with Crippen LogP contribution in [-0.2, 0) is 6.54 Å². The molecule has 0 saturated carbocycles. The Morgan fingerprint density at radius 3 is 2.65 bits per heavy atom. The molecule has 0 unspecified atom stereocenters. The highest BCUT2D eigenvalue weighted by molar-refractivity contribution is 5.91. The van der Waals surface area contributed by atoms with E-state index < -0.39 is 12.7 Å². The number of nitrogens with one attached hydrogen (secondary N) is 2. The fourth-order valence-corrected chi connectivity index (χ4v) is 3.73. The Morgan fingerprint density at radius 2 is 1.96 bits per heavy atom.